The van der Waals surface area contributed by atoms with Crippen LogP contribution in [0, 0.1) is 0 Å². The lowest BCUT2D eigenvalue weighted by Crippen LogP contribution is -2.42. The van der Waals surface area contributed by atoms with Gasteiger partial charge in [0, 0.05) is 36.9 Å². The van der Waals surface area contributed by atoms with Crippen molar-refractivity contribution in [2.24, 2.45) is 0 Å². The van der Waals surface area contributed by atoms with Crippen molar-refractivity contribution in [1.29, 1.82) is 0 Å². The second kappa shape index (κ2) is 8.35. The van der Waals surface area contributed by atoms with Crippen molar-refractivity contribution in [3.8, 4) is 0 Å². The number of aryl methyl sites for hydroxylation is 1. The minimum Gasteiger partial charge on any atom is -0.467 e. The van der Waals surface area contributed by atoms with Crippen LogP contribution in [-0.2, 0) is 38.8 Å². The van der Waals surface area contributed by atoms with E-state index in [9.17, 15) is 4.79 Å². The number of furan rings is 1. The number of benzene rings is 1. The smallest absolute Gasteiger partial charge is 0.274 e. The van der Waals surface area contributed by atoms with Crippen LogP contribution in [-0.4, -0.2) is 39.7 Å². The number of nitrogens with zero attached hydrogens (tertiary/aromatic N) is 3. The van der Waals surface area contributed by atoms with Gasteiger partial charge >= 0.3 is 0 Å². The van der Waals surface area contributed by atoms with Crippen molar-refractivity contribution in [2.45, 2.75) is 64.2 Å². The summed E-state index contributed by atoms with van der Waals surface area (Å²) in [6.45, 7) is 3.32. The summed E-state index contributed by atoms with van der Waals surface area (Å²) in [6, 6.07) is 13.3. The van der Waals surface area contributed by atoms with Crippen LogP contribution in [0.1, 0.15) is 52.0 Å². The van der Waals surface area contributed by atoms with Gasteiger partial charge in [-0.15, -0.1) is 0 Å². The van der Waals surface area contributed by atoms with Crippen LogP contribution in [0.4, 0.5) is 0 Å². The maximum Gasteiger partial charge on any atom is 0.274 e. The molecule has 31 heavy (non-hydrogen) atoms. The molecule has 0 unspecified atom stereocenters. The van der Waals surface area contributed by atoms with Crippen LogP contribution in [0.15, 0.2) is 47.1 Å². The first-order chi connectivity index (χ1) is 15.1. The molecule has 1 aromatic carbocycles. The van der Waals surface area contributed by atoms with Gasteiger partial charge in [-0.3, -0.25) is 9.48 Å². The Hall–Kier alpha value is -2.86. The average Bonchev–Trinajstić information content (AvgIpc) is 3.51. The summed E-state index contributed by atoms with van der Waals surface area (Å²) in [5, 5.41) is 8.61. The predicted octanol–water partition coefficient (Wildman–Crippen LogP) is 3.38. The van der Waals surface area contributed by atoms with E-state index < -0.39 is 0 Å². The van der Waals surface area contributed by atoms with Crippen LogP contribution in [0.25, 0.3) is 0 Å². The molecule has 2 aliphatic carbocycles. The Balaban J connectivity index is 1.32. The first kappa shape index (κ1) is 20.1. The molecule has 5 rings (SSSR count). The number of hydrogen-bond acceptors (Lipinski definition) is 4. The Bertz CT molecular complexity index is 1040. The van der Waals surface area contributed by atoms with Gasteiger partial charge in [-0.05, 0) is 62.3 Å². The van der Waals surface area contributed by atoms with E-state index in [0.29, 0.717) is 24.3 Å². The first-order valence-electron chi connectivity index (χ1n) is 11.3. The molecular formula is C25H30N4O2. The topological polar surface area (TPSA) is 63.3 Å². The number of carbonyl (C=O) groups excluding carboxylic acids is 1. The predicted molar refractivity (Wildman–Crippen MR) is 119 cm³/mol. The molecule has 0 spiro atoms. The number of rotatable bonds is 6. The second-order valence-corrected chi connectivity index (χ2v) is 8.81. The van der Waals surface area contributed by atoms with E-state index in [2.05, 4.69) is 36.5 Å². The van der Waals surface area contributed by atoms with Gasteiger partial charge in [0.15, 0.2) is 5.69 Å². The summed E-state index contributed by atoms with van der Waals surface area (Å²) < 4.78 is 7.44. The zero-order chi connectivity index (χ0) is 21.4. The van der Waals surface area contributed by atoms with E-state index >= 15 is 0 Å². The fourth-order valence-electron chi connectivity index (χ4n) is 5.16. The zero-order valence-electron chi connectivity index (χ0n) is 18.3. The Morgan fingerprint density at radius 2 is 1.94 bits per heavy atom. The highest BCUT2D eigenvalue weighted by Crippen LogP contribution is 2.28. The van der Waals surface area contributed by atoms with Gasteiger partial charge in [0.1, 0.15) is 5.76 Å². The highest BCUT2D eigenvalue weighted by Gasteiger charge is 2.32. The van der Waals surface area contributed by atoms with Crippen LogP contribution in [0.5, 0.6) is 0 Å². The molecule has 0 radical (unpaired) electrons. The lowest BCUT2D eigenvalue weighted by atomic mass is 9.90. The lowest BCUT2D eigenvalue weighted by Gasteiger charge is -2.27. The van der Waals surface area contributed by atoms with Gasteiger partial charge in [-0.2, -0.15) is 5.10 Å². The molecular weight excluding hydrogens is 388 g/mol. The normalized spacial score (nSPS) is 18.1. The summed E-state index contributed by atoms with van der Waals surface area (Å²) in [5.41, 5.74) is 5.88. The molecule has 1 atom stereocenters. The molecule has 3 aromatic rings. The van der Waals surface area contributed by atoms with Crippen molar-refractivity contribution in [3.63, 3.8) is 0 Å². The quantitative estimate of drug-likeness (QED) is 0.667. The highest BCUT2D eigenvalue weighted by atomic mass is 16.3. The molecule has 0 saturated carbocycles. The maximum absolute atomic E-state index is 13.3. The number of carbonyl (C=O) groups is 1. The maximum atomic E-state index is 13.3. The van der Waals surface area contributed by atoms with Gasteiger partial charge < -0.3 is 14.6 Å². The van der Waals surface area contributed by atoms with E-state index in [4.69, 9.17) is 9.52 Å². The van der Waals surface area contributed by atoms with Crippen LogP contribution in [0.3, 0.4) is 0 Å². The monoisotopic (exact) mass is 418 g/mol. The van der Waals surface area contributed by atoms with Crippen LogP contribution >= 0.6 is 0 Å². The summed E-state index contributed by atoms with van der Waals surface area (Å²) in [4.78, 5) is 15.0. The average molecular weight is 419 g/mol. The molecule has 2 aliphatic rings. The molecule has 2 aromatic heterocycles. The minimum atomic E-state index is -0.0335. The van der Waals surface area contributed by atoms with Crippen LogP contribution in [0.2, 0.25) is 0 Å². The van der Waals surface area contributed by atoms with Crippen molar-refractivity contribution in [3.05, 3.63) is 76.5 Å². The van der Waals surface area contributed by atoms with Gasteiger partial charge in [0.25, 0.3) is 5.91 Å². The molecule has 162 valence electrons. The first-order valence-corrected chi connectivity index (χ1v) is 11.3. The summed E-state index contributed by atoms with van der Waals surface area (Å²) in [7, 11) is 1.82. The zero-order valence-corrected chi connectivity index (χ0v) is 18.3. The Morgan fingerprint density at radius 1 is 1.16 bits per heavy atom. The van der Waals surface area contributed by atoms with E-state index in [-0.39, 0.29) is 5.91 Å². The molecule has 6 heteroatoms. The second-order valence-electron chi connectivity index (χ2n) is 8.81. The number of amides is 1. The lowest BCUT2D eigenvalue weighted by molar-refractivity contribution is 0.0767. The molecule has 0 fully saturated rings. The third kappa shape index (κ3) is 3.92. The van der Waals surface area contributed by atoms with Crippen molar-refractivity contribution >= 4 is 5.91 Å². The van der Waals surface area contributed by atoms with Gasteiger partial charge in [0.2, 0.25) is 0 Å². The molecule has 2 heterocycles. The Kier molecular flexibility index (Phi) is 5.40. The van der Waals surface area contributed by atoms with Crippen molar-refractivity contribution < 1.29 is 9.21 Å². The highest BCUT2D eigenvalue weighted by molar-refractivity contribution is 5.94. The number of nitrogens with one attached hydrogen (secondary N) is 1. The molecule has 6 nitrogen and oxygen atoms in total. The molecule has 0 aliphatic heterocycles. The minimum absolute atomic E-state index is 0.0335. The fraction of sp³-hybridized carbons (Fsp3) is 0.440. The number of hydrogen-bond donors (Lipinski definition) is 1. The molecule has 1 amide bonds. The van der Waals surface area contributed by atoms with E-state index in [1.54, 1.807) is 11.2 Å². The van der Waals surface area contributed by atoms with E-state index in [1.807, 2.05) is 23.9 Å². The number of aromatic nitrogens is 2. The number of fused-ring (bicyclic) bond motifs is 2. The largest absolute Gasteiger partial charge is 0.467 e. The van der Waals surface area contributed by atoms with Crippen molar-refractivity contribution in [1.82, 2.24) is 20.0 Å². The van der Waals surface area contributed by atoms with E-state index in [1.165, 1.54) is 16.8 Å². The van der Waals surface area contributed by atoms with E-state index in [0.717, 1.165) is 50.0 Å². The molecule has 1 N–H and O–H groups in total. The van der Waals surface area contributed by atoms with Crippen molar-refractivity contribution in [2.75, 3.05) is 7.05 Å². The van der Waals surface area contributed by atoms with Gasteiger partial charge in [-0.1, -0.05) is 24.3 Å². The van der Waals surface area contributed by atoms with Crippen LogP contribution < -0.4 is 5.32 Å². The molecule has 0 saturated heterocycles. The molecule has 0 bridgehead atoms. The summed E-state index contributed by atoms with van der Waals surface area (Å²) in [6.07, 6.45) is 6.72. The Morgan fingerprint density at radius 3 is 2.61 bits per heavy atom. The fourth-order valence-corrected chi connectivity index (χ4v) is 5.16. The Labute approximate surface area is 183 Å². The van der Waals surface area contributed by atoms with Gasteiger partial charge in [-0.25, -0.2) is 0 Å². The third-order valence-electron chi connectivity index (χ3n) is 6.69. The summed E-state index contributed by atoms with van der Waals surface area (Å²) >= 11 is 0. The summed E-state index contributed by atoms with van der Waals surface area (Å²) in [5.74, 6) is 0.744. The third-order valence-corrected chi connectivity index (χ3v) is 6.69. The SMILES string of the molecule is CCn1nc(C(=O)N(C)Cc2ccco2)c2c1CC[C@@H](NC1Cc3ccccc3C1)C2. The van der Waals surface area contributed by atoms with Gasteiger partial charge in [0.05, 0.1) is 12.8 Å². The standard InChI is InChI=1S/C25H30N4O2/c1-3-29-23-11-10-19(26-20-13-17-7-4-5-8-18(17)14-20)15-22(23)24(27-29)25(30)28(2)16-21-9-6-12-31-21/h4-9,12,19-20,26H,3,10-11,13-16H2,1-2H3/t19-/m1/s1.